The molecule has 16 heavy (non-hydrogen) atoms. The molecule has 3 heteroatoms. The van der Waals surface area contributed by atoms with Crippen LogP contribution in [0.15, 0.2) is 24.3 Å². The highest BCUT2D eigenvalue weighted by molar-refractivity contribution is 6.04. The second-order valence-corrected chi connectivity index (χ2v) is 4.09. The zero-order chi connectivity index (χ0) is 11.1. The second-order valence-electron chi connectivity index (χ2n) is 4.09. The van der Waals surface area contributed by atoms with Crippen molar-refractivity contribution in [2.75, 3.05) is 0 Å². The SMILES string of the molecule is O=C(O)c1c2c(nc3ccccc13)CCC2. The van der Waals surface area contributed by atoms with Crippen LogP contribution in [0.25, 0.3) is 10.9 Å². The Labute approximate surface area is 92.7 Å². The molecule has 3 nitrogen and oxygen atoms in total. The van der Waals surface area contributed by atoms with Crippen molar-refractivity contribution < 1.29 is 9.90 Å². The van der Waals surface area contributed by atoms with Crippen LogP contribution in [0.2, 0.25) is 0 Å². The number of para-hydroxylation sites is 1. The minimum atomic E-state index is -0.836. The summed E-state index contributed by atoms with van der Waals surface area (Å²) in [5, 5.41) is 10.1. The Hall–Kier alpha value is -1.90. The van der Waals surface area contributed by atoms with Crippen LogP contribution in [0.3, 0.4) is 0 Å². The lowest BCUT2D eigenvalue weighted by Gasteiger charge is -2.08. The fourth-order valence-corrected chi connectivity index (χ4v) is 2.46. The van der Waals surface area contributed by atoms with Crippen LogP contribution in [0.4, 0.5) is 0 Å². The first kappa shape index (κ1) is 9.33. The lowest BCUT2D eigenvalue weighted by atomic mass is 10.0. The number of carbonyl (C=O) groups is 1. The van der Waals surface area contributed by atoms with Gasteiger partial charge in [0, 0.05) is 11.1 Å². The summed E-state index contributed by atoms with van der Waals surface area (Å²) in [7, 11) is 0. The van der Waals surface area contributed by atoms with Crippen molar-refractivity contribution in [3.05, 3.63) is 41.1 Å². The number of carboxylic acid groups (broad SMARTS) is 1. The largest absolute Gasteiger partial charge is 0.478 e. The van der Waals surface area contributed by atoms with E-state index in [-0.39, 0.29) is 0 Å². The third-order valence-corrected chi connectivity index (χ3v) is 3.13. The number of benzene rings is 1. The van der Waals surface area contributed by atoms with E-state index in [9.17, 15) is 9.90 Å². The summed E-state index contributed by atoms with van der Waals surface area (Å²) in [6.45, 7) is 0. The highest BCUT2D eigenvalue weighted by atomic mass is 16.4. The van der Waals surface area contributed by atoms with E-state index in [0.29, 0.717) is 5.56 Å². The van der Waals surface area contributed by atoms with Crippen LogP contribution in [-0.2, 0) is 12.8 Å². The van der Waals surface area contributed by atoms with Crippen LogP contribution in [0.1, 0.15) is 28.0 Å². The smallest absolute Gasteiger partial charge is 0.336 e. The van der Waals surface area contributed by atoms with Crippen LogP contribution in [0, 0.1) is 0 Å². The maximum absolute atomic E-state index is 11.3. The molecule has 80 valence electrons. The van der Waals surface area contributed by atoms with E-state index >= 15 is 0 Å². The highest BCUT2D eigenvalue weighted by Gasteiger charge is 2.22. The van der Waals surface area contributed by atoms with Gasteiger partial charge in [0.2, 0.25) is 0 Å². The normalized spacial score (nSPS) is 14.0. The van der Waals surface area contributed by atoms with E-state index in [4.69, 9.17) is 0 Å². The second kappa shape index (κ2) is 3.30. The molecule has 1 N–H and O–H groups in total. The van der Waals surface area contributed by atoms with Crippen LogP contribution in [-0.4, -0.2) is 16.1 Å². The van der Waals surface area contributed by atoms with Crippen LogP contribution >= 0.6 is 0 Å². The van der Waals surface area contributed by atoms with Gasteiger partial charge in [-0.25, -0.2) is 4.79 Å². The first-order valence-corrected chi connectivity index (χ1v) is 5.41. The Morgan fingerprint density at radius 2 is 2.06 bits per heavy atom. The number of aromatic carboxylic acids is 1. The number of hydrogen-bond donors (Lipinski definition) is 1. The lowest BCUT2D eigenvalue weighted by molar-refractivity contribution is 0.0698. The fraction of sp³-hybridized carbons (Fsp3) is 0.231. The average molecular weight is 213 g/mol. The van der Waals surface area contributed by atoms with Gasteiger partial charge in [-0.1, -0.05) is 18.2 Å². The van der Waals surface area contributed by atoms with Gasteiger partial charge in [0.05, 0.1) is 11.1 Å². The maximum atomic E-state index is 11.3. The number of fused-ring (bicyclic) bond motifs is 2. The number of carboxylic acids is 1. The van der Waals surface area contributed by atoms with E-state index in [2.05, 4.69) is 4.98 Å². The van der Waals surface area contributed by atoms with Gasteiger partial charge in [0.1, 0.15) is 0 Å². The zero-order valence-electron chi connectivity index (χ0n) is 8.73. The molecule has 0 aliphatic heterocycles. The molecule has 0 fully saturated rings. The number of pyridine rings is 1. The van der Waals surface area contributed by atoms with Crippen LogP contribution in [0.5, 0.6) is 0 Å². The van der Waals surface area contributed by atoms with Gasteiger partial charge < -0.3 is 5.11 Å². The number of hydrogen-bond acceptors (Lipinski definition) is 2. The van der Waals surface area contributed by atoms with Crippen molar-refractivity contribution >= 4 is 16.9 Å². The lowest BCUT2D eigenvalue weighted by Crippen LogP contribution is -2.05. The number of aryl methyl sites for hydroxylation is 1. The van der Waals surface area contributed by atoms with Crippen molar-refractivity contribution in [1.29, 1.82) is 0 Å². The molecule has 0 amide bonds. The first-order chi connectivity index (χ1) is 7.77. The molecule has 0 radical (unpaired) electrons. The van der Waals surface area contributed by atoms with Crippen molar-refractivity contribution in [2.24, 2.45) is 0 Å². The maximum Gasteiger partial charge on any atom is 0.336 e. The summed E-state index contributed by atoms with van der Waals surface area (Å²) in [5.74, 6) is -0.836. The topological polar surface area (TPSA) is 50.2 Å². The minimum Gasteiger partial charge on any atom is -0.478 e. The third-order valence-electron chi connectivity index (χ3n) is 3.13. The van der Waals surface area contributed by atoms with E-state index in [0.717, 1.165) is 41.4 Å². The van der Waals surface area contributed by atoms with Gasteiger partial charge in [0.25, 0.3) is 0 Å². The summed E-state index contributed by atoms with van der Waals surface area (Å²) in [6.07, 6.45) is 2.76. The van der Waals surface area contributed by atoms with Crippen molar-refractivity contribution in [2.45, 2.75) is 19.3 Å². The molecule has 1 heterocycles. The molecule has 0 atom stereocenters. The summed E-state index contributed by atoms with van der Waals surface area (Å²) >= 11 is 0. The predicted molar refractivity (Wildman–Crippen MR) is 60.7 cm³/mol. The quantitative estimate of drug-likeness (QED) is 0.791. The number of rotatable bonds is 1. The first-order valence-electron chi connectivity index (χ1n) is 5.41. The molecule has 0 saturated carbocycles. The molecule has 0 spiro atoms. The van der Waals surface area contributed by atoms with E-state index in [1.165, 1.54) is 0 Å². The minimum absolute atomic E-state index is 0.457. The van der Waals surface area contributed by atoms with Gasteiger partial charge >= 0.3 is 5.97 Å². The Bertz CT molecular complexity index is 590. The zero-order valence-corrected chi connectivity index (χ0v) is 8.73. The molecule has 3 rings (SSSR count). The molecular formula is C13H11NO2. The Morgan fingerprint density at radius 3 is 2.88 bits per heavy atom. The molecule has 0 bridgehead atoms. The standard InChI is InChI=1S/C13H11NO2/c15-13(16)12-8-4-1-2-6-10(8)14-11-7-3-5-9(11)12/h1-2,4,6H,3,5,7H2,(H,15,16). The fourth-order valence-electron chi connectivity index (χ4n) is 2.46. The van der Waals surface area contributed by atoms with Gasteiger partial charge in [-0.2, -0.15) is 0 Å². The summed E-state index contributed by atoms with van der Waals surface area (Å²) in [4.78, 5) is 15.9. The molecule has 0 saturated heterocycles. The van der Waals surface area contributed by atoms with Gasteiger partial charge in [-0.05, 0) is 30.9 Å². The highest BCUT2D eigenvalue weighted by Crippen LogP contribution is 2.29. The average Bonchev–Trinajstić information content (AvgIpc) is 2.72. The van der Waals surface area contributed by atoms with Crippen LogP contribution < -0.4 is 0 Å². The molecule has 1 aromatic heterocycles. The molecule has 0 unspecified atom stereocenters. The van der Waals surface area contributed by atoms with Gasteiger partial charge in [-0.3, -0.25) is 4.98 Å². The predicted octanol–water partition coefficient (Wildman–Crippen LogP) is 2.42. The monoisotopic (exact) mass is 213 g/mol. The molecule has 1 aliphatic rings. The Kier molecular flexibility index (Phi) is 1.93. The molecule has 2 aromatic rings. The summed E-state index contributed by atoms with van der Waals surface area (Å²) in [6, 6.07) is 7.46. The number of nitrogens with zero attached hydrogens (tertiary/aromatic N) is 1. The Balaban J connectivity index is 2.45. The van der Waals surface area contributed by atoms with E-state index < -0.39 is 5.97 Å². The molecule has 1 aliphatic carbocycles. The summed E-state index contributed by atoms with van der Waals surface area (Å²) < 4.78 is 0. The van der Waals surface area contributed by atoms with Crippen molar-refractivity contribution in [1.82, 2.24) is 4.98 Å². The summed E-state index contributed by atoms with van der Waals surface area (Å²) in [5.41, 5.74) is 3.15. The molecule has 1 aromatic carbocycles. The van der Waals surface area contributed by atoms with Gasteiger partial charge in [0.15, 0.2) is 0 Å². The van der Waals surface area contributed by atoms with E-state index in [1.54, 1.807) is 0 Å². The number of aromatic nitrogens is 1. The van der Waals surface area contributed by atoms with E-state index in [1.807, 2.05) is 24.3 Å². The third kappa shape index (κ3) is 1.21. The van der Waals surface area contributed by atoms with Gasteiger partial charge in [-0.15, -0.1) is 0 Å². The van der Waals surface area contributed by atoms with Crippen molar-refractivity contribution in [3.63, 3.8) is 0 Å². The Morgan fingerprint density at radius 1 is 1.25 bits per heavy atom. The molecular weight excluding hydrogens is 202 g/mol. The van der Waals surface area contributed by atoms with Crippen molar-refractivity contribution in [3.8, 4) is 0 Å².